The summed E-state index contributed by atoms with van der Waals surface area (Å²) in [6, 6.07) is 7.84. The molecule has 0 N–H and O–H groups in total. The van der Waals surface area contributed by atoms with Crippen molar-refractivity contribution in [1.82, 2.24) is 14.8 Å². The molecule has 4 aliphatic carbocycles. The van der Waals surface area contributed by atoms with Crippen molar-refractivity contribution in [2.24, 2.45) is 17.8 Å². The van der Waals surface area contributed by atoms with Crippen LogP contribution in [0, 0.1) is 17.8 Å². The van der Waals surface area contributed by atoms with Gasteiger partial charge in [-0.25, -0.2) is 0 Å². The van der Waals surface area contributed by atoms with Crippen LogP contribution in [0.15, 0.2) is 45.6 Å². The first-order valence-electron chi connectivity index (χ1n) is 9.79. The molecule has 0 aliphatic heterocycles. The van der Waals surface area contributed by atoms with E-state index in [0.29, 0.717) is 6.54 Å². The van der Waals surface area contributed by atoms with Crippen molar-refractivity contribution < 1.29 is 8.83 Å². The van der Waals surface area contributed by atoms with Crippen molar-refractivity contribution in [2.75, 3.05) is 0 Å². The molecular weight excluding hydrogens is 326 g/mol. The molecule has 0 amide bonds. The number of hydrogen-bond donors (Lipinski definition) is 0. The summed E-state index contributed by atoms with van der Waals surface area (Å²) in [6.07, 6.45) is 11.5. The van der Waals surface area contributed by atoms with Crippen LogP contribution in [0.1, 0.15) is 50.1 Å². The van der Waals surface area contributed by atoms with Crippen LogP contribution < -0.4 is 0 Å². The first-order valence-corrected chi connectivity index (χ1v) is 9.79. The second-order valence-electron chi connectivity index (χ2n) is 8.69. The Balaban J connectivity index is 1.48. The van der Waals surface area contributed by atoms with Gasteiger partial charge in [0.15, 0.2) is 11.6 Å². The molecule has 26 heavy (non-hydrogen) atoms. The fraction of sp³-hybridized carbons (Fsp3) is 0.524. The van der Waals surface area contributed by atoms with E-state index in [1.54, 1.807) is 12.5 Å². The Morgan fingerprint density at radius 3 is 2.23 bits per heavy atom. The van der Waals surface area contributed by atoms with Gasteiger partial charge in [0.05, 0.1) is 19.1 Å². The zero-order chi connectivity index (χ0) is 17.1. The van der Waals surface area contributed by atoms with E-state index in [9.17, 15) is 0 Å². The number of rotatable bonds is 4. The largest absolute Gasteiger partial charge is 0.467 e. The first kappa shape index (κ1) is 14.8. The van der Waals surface area contributed by atoms with E-state index in [0.717, 1.165) is 40.9 Å². The maximum Gasteiger partial charge on any atom is 0.200 e. The number of nitrogens with zero attached hydrogens (tertiary/aromatic N) is 3. The summed E-state index contributed by atoms with van der Waals surface area (Å²) in [6.45, 7) is 0.660. The average molecular weight is 349 g/mol. The highest BCUT2D eigenvalue weighted by Gasteiger charge is 2.54. The average Bonchev–Trinajstić information content (AvgIpc) is 3.35. The molecular formula is C21H23N3O2. The van der Waals surface area contributed by atoms with Crippen molar-refractivity contribution in [3.63, 3.8) is 0 Å². The highest BCUT2D eigenvalue weighted by molar-refractivity contribution is 5.47. The van der Waals surface area contributed by atoms with Crippen LogP contribution in [-0.4, -0.2) is 14.8 Å². The second kappa shape index (κ2) is 5.35. The van der Waals surface area contributed by atoms with E-state index in [4.69, 9.17) is 13.9 Å². The Kier molecular flexibility index (Phi) is 3.05. The van der Waals surface area contributed by atoms with Gasteiger partial charge in [0.1, 0.15) is 11.6 Å². The predicted octanol–water partition coefficient (Wildman–Crippen LogP) is 4.65. The molecule has 0 radical (unpaired) electrons. The van der Waals surface area contributed by atoms with Gasteiger partial charge in [-0.2, -0.15) is 0 Å². The Labute approximate surface area is 152 Å². The van der Waals surface area contributed by atoms with E-state index in [-0.39, 0.29) is 5.41 Å². The summed E-state index contributed by atoms with van der Waals surface area (Å²) in [5, 5.41) is 9.33. The van der Waals surface area contributed by atoms with Crippen molar-refractivity contribution >= 4 is 0 Å². The third-order valence-corrected chi connectivity index (χ3v) is 6.90. The van der Waals surface area contributed by atoms with Gasteiger partial charge in [-0.05, 0) is 80.5 Å². The zero-order valence-electron chi connectivity index (χ0n) is 14.8. The highest BCUT2D eigenvalue weighted by Crippen LogP contribution is 2.60. The third kappa shape index (κ3) is 2.15. The van der Waals surface area contributed by atoms with Crippen LogP contribution in [-0.2, 0) is 12.0 Å². The molecule has 4 saturated carbocycles. The number of hydrogen-bond acceptors (Lipinski definition) is 4. The molecule has 4 aliphatic rings. The van der Waals surface area contributed by atoms with Crippen molar-refractivity contribution in [3.05, 3.63) is 48.4 Å². The van der Waals surface area contributed by atoms with Gasteiger partial charge in [0.25, 0.3) is 0 Å². The molecule has 0 unspecified atom stereocenters. The highest BCUT2D eigenvalue weighted by atomic mass is 16.3. The third-order valence-electron chi connectivity index (χ3n) is 6.90. The Hall–Kier alpha value is -2.30. The van der Waals surface area contributed by atoms with Gasteiger partial charge in [-0.3, -0.25) is 0 Å². The minimum atomic E-state index is 0.194. The van der Waals surface area contributed by atoms with Crippen LogP contribution in [0.5, 0.6) is 0 Å². The molecule has 134 valence electrons. The van der Waals surface area contributed by atoms with Crippen LogP contribution in [0.2, 0.25) is 0 Å². The summed E-state index contributed by atoms with van der Waals surface area (Å²) in [7, 11) is 0. The van der Waals surface area contributed by atoms with Gasteiger partial charge in [-0.15, -0.1) is 10.2 Å². The molecule has 0 saturated heterocycles. The minimum Gasteiger partial charge on any atom is -0.467 e. The Bertz CT molecular complexity index is 872. The van der Waals surface area contributed by atoms with Gasteiger partial charge < -0.3 is 13.4 Å². The standard InChI is InChI=1S/C21H23N3O2/c1-3-17(25-5-1)13-24-19(18-4-2-6-26-18)22-23-20(24)21-10-14-7-15(11-21)9-16(8-14)12-21/h1-6,14-16H,7-13H2. The normalized spacial score (nSPS) is 32.4. The van der Waals surface area contributed by atoms with Crippen LogP contribution in [0.3, 0.4) is 0 Å². The predicted molar refractivity (Wildman–Crippen MR) is 95.4 cm³/mol. The topological polar surface area (TPSA) is 57.0 Å². The van der Waals surface area contributed by atoms with Gasteiger partial charge in [-0.1, -0.05) is 0 Å². The lowest BCUT2D eigenvalue weighted by molar-refractivity contribution is -0.0110. The SMILES string of the molecule is c1coc(Cn2c(-c3ccco3)nnc2C23CC4CC(CC(C4)C2)C3)c1. The molecule has 0 atom stereocenters. The quantitative estimate of drug-likeness (QED) is 0.688. The van der Waals surface area contributed by atoms with E-state index < -0.39 is 0 Å². The Morgan fingerprint density at radius 2 is 1.62 bits per heavy atom. The molecule has 0 spiro atoms. The monoisotopic (exact) mass is 349 g/mol. The van der Waals surface area contributed by atoms with E-state index >= 15 is 0 Å². The second-order valence-corrected chi connectivity index (χ2v) is 8.69. The van der Waals surface area contributed by atoms with Crippen LogP contribution in [0.25, 0.3) is 11.6 Å². The molecule has 4 bridgehead atoms. The summed E-state index contributed by atoms with van der Waals surface area (Å²) in [5.41, 5.74) is 0.194. The van der Waals surface area contributed by atoms with Crippen molar-refractivity contribution in [2.45, 2.75) is 50.5 Å². The van der Waals surface area contributed by atoms with Gasteiger partial charge >= 0.3 is 0 Å². The van der Waals surface area contributed by atoms with Crippen molar-refractivity contribution in [1.29, 1.82) is 0 Å². The van der Waals surface area contributed by atoms with Gasteiger partial charge in [0, 0.05) is 5.41 Å². The van der Waals surface area contributed by atoms with Crippen LogP contribution >= 0.6 is 0 Å². The lowest BCUT2D eigenvalue weighted by atomic mass is 9.49. The van der Waals surface area contributed by atoms with E-state index in [1.165, 1.54) is 38.5 Å². The number of furan rings is 2. The Morgan fingerprint density at radius 1 is 0.923 bits per heavy atom. The number of aromatic nitrogens is 3. The molecule has 3 aromatic heterocycles. The molecule has 7 rings (SSSR count). The maximum absolute atomic E-state index is 5.66. The molecule has 5 heteroatoms. The fourth-order valence-electron chi connectivity index (χ4n) is 6.38. The lowest BCUT2D eigenvalue weighted by Crippen LogP contribution is -2.49. The summed E-state index contributed by atoms with van der Waals surface area (Å²) in [4.78, 5) is 0. The molecule has 4 fully saturated rings. The first-order chi connectivity index (χ1) is 12.8. The fourth-order valence-corrected chi connectivity index (χ4v) is 6.38. The summed E-state index contributed by atoms with van der Waals surface area (Å²) >= 11 is 0. The van der Waals surface area contributed by atoms with Crippen molar-refractivity contribution in [3.8, 4) is 11.6 Å². The van der Waals surface area contributed by atoms with E-state index in [2.05, 4.69) is 9.67 Å². The summed E-state index contributed by atoms with van der Waals surface area (Å²) < 4.78 is 13.6. The molecule has 5 nitrogen and oxygen atoms in total. The maximum atomic E-state index is 5.66. The lowest BCUT2D eigenvalue weighted by Gasteiger charge is -2.56. The zero-order valence-corrected chi connectivity index (χ0v) is 14.8. The van der Waals surface area contributed by atoms with Crippen LogP contribution in [0.4, 0.5) is 0 Å². The molecule has 3 aromatic rings. The van der Waals surface area contributed by atoms with E-state index in [1.807, 2.05) is 24.3 Å². The summed E-state index contributed by atoms with van der Waals surface area (Å²) in [5.74, 6) is 6.31. The van der Waals surface area contributed by atoms with Gasteiger partial charge in [0.2, 0.25) is 0 Å². The minimum absolute atomic E-state index is 0.194. The smallest absolute Gasteiger partial charge is 0.200 e. The molecule has 3 heterocycles. The molecule has 0 aromatic carbocycles.